The summed E-state index contributed by atoms with van der Waals surface area (Å²) in [6, 6.07) is 15.0. The van der Waals surface area contributed by atoms with Crippen LogP contribution in [-0.4, -0.2) is 12.6 Å². The van der Waals surface area contributed by atoms with Crippen LogP contribution in [0.3, 0.4) is 0 Å². The number of nitrogens with one attached hydrogen (secondary N) is 2. The largest absolute Gasteiger partial charge is 0.494 e. The van der Waals surface area contributed by atoms with Crippen molar-refractivity contribution in [3.05, 3.63) is 54.1 Å². The van der Waals surface area contributed by atoms with Crippen molar-refractivity contribution in [3.63, 3.8) is 0 Å². The molecule has 4 heteroatoms. The second-order valence-corrected chi connectivity index (χ2v) is 5.43. The van der Waals surface area contributed by atoms with Gasteiger partial charge in [-0.15, -0.1) is 0 Å². The van der Waals surface area contributed by atoms with Crippen LogP contribution >= 0.6 is 0 Å². The predicted molar refractivity (Wildman–Crippen MR) is 95.4 cm³/mol. The summed E-state index contributed by atoms with van der Waals surface area (Å²) < 4.78 is 5.39. The van der Waals surface area contributed by atoms with Crippen LogP contribution < -0.4 is 15.4 Å². The Morgan fingerprint density at radius 2 is 1.74 bits per heavy atom. The first-order valence-electron chi connectivity index (χ1n) is 8.03. The summed E-state index contributed by atoms with van der Waals surface area (Å²) in [5.41, 5.74) is 2.73. The lowest BCUT2D eigenvalue weighted by Crippen LogP contribution is -2.20. The van der Waals surface area contributed by atoms with Gasteiger partial charge in [-0.1, -0.05) is 32.0 Å². The quantitative estimate of drug-likeness (QED) is 0.766. The monoisotopic (exact) mass is 312 g/mol. The molecule has 0 aliphatic heterocycles. The zero-order valence-electron chi connectivity index (χ0n) is 13.9. The molecule has 1 atom stereocenters. The molecule has 0 saturated heterocycles. The van der Waals surface area contributed by atoms with Crippen LogP contribution in [0, 0.1) is 0 Å². The summed E-state index contributed by atoms with van der Waals surface area (Å²) in [5, 5.41) is 5.77. The van der Waals surface area contributed by atoms with Crippen molar-refractivity contribution >= 4 is 17.4 Å². The van der Waals surface area contributed by atoms with Gasteiger partial charge in [-0.3, -0.25) is 0 Å². The third kappa shape index (κ3) is 4.74. The number of rotatable bonds is 6. The van der Waals surface area contributed by atoms with Gasteiger partial charge in [0.25, 0.3) is 0 Å². The van der Waals surface area contributed by atoms with E-state index in [0.29, 0.717) is 12.5 Å². The van der Waals surface area contributed by atoms with Gasteiger partial charge in [-0.25, -0.2) is 4.79 Å². The average molecular weight is 312 g/mol. The number of anilines is 2. The van der Waals surface area contributed by atoms with Gasteiger partial charge in [-0.2, -0.15) is 0 Å². The third-order valence-corrected chi connectivity index (χ3v) is 3.78. The second kappa shape index (κ2) is 8.22. The van der Waals surface area contributed by atoms with E-state index in [9.17, 15) is 4.79 Å². The minimum atomic E-state index is -0.245. The van der Waals surface area contributed by atoms with Gasteiger partial charge in [0.1, 0.15) is 5.75 Å². The van der Waals surface area contributed by atoms with E-state index in [1.165, 1.54) is 0 Å². The molecule has 0 spiro atoms. The van der Waals surface area contributed by atoms with Gasteiger partial charge in [0.15, 0.2) is 0 Å². The van der Waals surface area contributed by atoms with Crippen molar-refractivity contribution in [2.75, 3.05) is 17.2 Å². The standard InChI is InChI=1S/C19H24N2O2/c1-4-14(3)17-8-6-7-9-18(17)21-19(22)20-15-10-12-16(13-11-15)23-5-2/h6-14H,4-5H2,1-3H3,(H2,20,21,22)/t14-/m1/s1. The molecule has 0 saturated carbocycles. The van der Waals surface area contributed by atoms with Gasteiger partial charge in [0, 0.05) is 11.4 Å². The predicted octanol–water partition coefficient (Wildman–Crippen LogP) is 5.24. The lowest BCUT2D eigenvalue weighted by atomic mass is 9.97. The summed E-state index contributed by atoms with van der Waals surface area (Å²) in [7, 11) is 0. The van der Waals surface area contributed by atoms with Gasteiger partial charge in [0.2, 0.25) is 0 Å². The number of para-hydroxylation sites is 1. The van der Waals surface area contributed by atoms with Crippen LogP contribution in [0.4, 0.5) is 16.2 Å². The van der Waals surface area contributed by atoms with E-state index in [4.69, 9.17) is 4.74 Å². The van der Waals surface area contributed by atoms with Crippen molar-refractivity contribution in [2.45, 2.75) is 33.1 Å². The first-order valence-corrected chi connectivity index (χ1v) is 8.03. The number of carbonyl (C=O) groups excluding carboxylic acids is 1. The highest BCUT2D eigenvalue weighted by Crippen LogP contribution is 2.26. The van der Waals surface area contributed by atoms with Crippen LogP contribution in [0.5, 0.6) is 5.75 Å². The van der Waals surface area contributed by atoms with Crippen molar-refractivity contribution in [3.8, 4) is 5.75 Å². The maximum Gasteiger partial charge on any atom is 0.323 e. The fourth-order valence-electron chi connectivity index (χ4n) is 2.35. The number of amides is 2. The number of hydrogen-bond acceptors (Lipinski definition) is 2. The highest BCUT2D eigenvalue weighted by molar-refractivity contribution is 6.00. The Balaban J connectivity index is 2.02. The van der Waals surface area contributed by atoms with Gasteiger partial charge in [0.05, 0.1) is 6.61 Å². The van der Waals surface area contributed by atoms with E-state index >= 15 is 0 Å². The molecule has 0 heterocycles. The molecule has 0 radical (unpaired) electrons. The summed E-state index contributed by atoms with van der Waals surface area (Å²) >= 11 is 0. The van der Waals surface area contributed by atoms with Crippen molar-refractivity contribution in [2.24, 2.45) is 0 Å². The molecule has 0 aromatic heterocycles. The highest BCUT2D eigenvalue weighted by atomic mass is 16.5. The minimum absolute atomic E-state index is 0.245. The van der Waals surface area contributed by atoms with E-state index < -0.39 is 0 Å². The van der Waals surface area contributed by atoms with Crippen LogP contribution in [0.1, 0.15) is 38.7 Å². The third-order valence-electron chi connectivity index (χ3n) is 3.78. The molecule has 2 aromatic rings. The molecule has 2 rings (SSSR count). The normalized spacial score (nSPS) is 11.6. The molecule has 0 aliphatic rings. The molecule has 4 nitrogen and oxygen atoms in total. The van der Waals surface area contributed by atoms with E-state index in [2.05, 4.69) is 30.5 Å². The molecule has 122 valence electrons. The lowest BCUT2D eigenvalue weighted by molar-refractivity contribution is 0.262. The zero-order valence-corrected chi connectivity index (χ0v) is 13.9. The molecule has 2 aromatic carbocycles. The molecule has 2 amide bonds. The summed E-state index contributed by atoms with van der Waals surface area (Å²) in [6.45, 7) is 6.86. The Kier molecular flexibility index (Phi) is 6.03. The van der Waals surface area contributed by atoms with Crippen LogP contribution in [0.15, 0.2) is 48.5 Å². The van der Waals surface area contributed by atoms with Crippen molar-refractivity contribution < 1.29 is 9.53 Å². The van der Waals surface area contributed by atoms with Crippen LogP contribution in [0.2, 0.25) is 0 Å². The number of carbonyl (C=O) groups is 1. The fraction of sp³-hybridized carbons (Fsp3) is 0.316. The molecular formula is C19H24N2O2. The Morgan fingerprint density at radius 1 is 1.04 bits per heavy atom. The minimum Gasteiger partial charge on any atom is -0.494 e. The number of ether oxygens (including phenoxy) is 1. The molecular weight excluding hydrogens is 288 g/mol. The van der Waals surface area contributed by atoms with Crippen LogP contribution in [-0.2, 0) is 0 Å². The molecule has 0 unspecified atom stereocenters. The lowest BCUT2D eigenvalue weighted by Gasteiger charge is -2.16. The zero-order chi connectivity index (χ0) is 16.7. The Morgan fingerprint density at radius 3 is 2.39 bits per heavy atom. The molecule has 23 heavy (non-hydrogen) atoms. The average Bonchev–Trinajstić information content (AvgIpc) is 2.56. The smallest absolute Gasteiger partial charge is 0.323 e. The van der Waals surface area contributed by atoms with E-state index in [1.54, 1.807) is 0 Å². The van der Waals surface area contributed by atoms with Gasteiger partial charge < -0.3 is 15.4 Å². The van der Waals surface area contributed by atoms with E-state index in [-0.39, 0.29) is 6.03 Å². The SMILES string of the molecule is CCOc1ccc(NC(=O)Nc2ccccc2[C@H](C)CC)cc1. The summed E-state index contributed by atoms with van der Waals surface area (Å²) in [6.07, 6.45) is 1.03. The van der Waals surface area contributed by atoms with Crippen molar-refractivity contribution in [1.82, 2.24) is 0 Å². The molecule has 2 N–H and O–H groups in total. The number of benzene rings is 2. The first kappa shape index (κ1) is 16.9. The molecule has 0 aliphatic carbocycles. The maximum absolute atomic E-state index is 12.2. The highest BCUT2D eigenvalue weighted by Gasteiger charge is 2.11. The van der Waals surface area contributed by atoms with Crippen LogP contribution in [0.25, 0.3) is 0 Å². The number of urea groups is 1. The Labute approximate surface area is 137 Å². The molecule has 0 bridgehead atoms. The van der Waals surface area contributed by atoms with E-state index in [0.717, 1.165) is 29.1 Å². The molecule has 0 fully saturated rings. The fourth-order valence-corrected chi connectivity index (χ4v) is 2.35. The summed E-state index contributed by atoms with van der Waals surface area (Å²) in [4.78, 5) is 12.2. The van der Waals surface area contributed by atoms with E-state index in [1.807, 2.05) is 49.4 Å². The van der Waals surface area contributed by atoms with Gasteiger partial charge >= 0.3 is 6.03 Å². The topological polar surface area (TPSA) is 50.4 Å². The van der Waals surface area contributed by atoms with Crippen molar-refractivity contribution in [1.29, 1.82) is 0 Å². The first-order chi connectivity index (χ1) is 11.1. The Bertz CT molecular complexity index is 638. The second-order valence-electron chi connectivity index (χ2n) is 5.43. The number of hydrogen-bond donors (Lipinski definition) is 2. The summed E-state index contributed by atoms with van der Waals surface area (Å²) in [5.74, 6) is 1.19. The van der Waals surface area contributed by atoms with Gasteiger partial charge in [-0.05, 0) is 55.2 Å². The Hall–Kier alpha value is -2.49. The maximum atomic E-state index is 12.2.